The summed E-state index contributed by atoms with van der Waals surface area (Å²) in [6.45, 7) is 4.48. The van der Waals surface area contributed by atoms with Crippen molar-refractivity contribution in [3.63, 3.8) is 0 Å². The Kier molecular flexibility index (Phi) is 3.30. The van der Waals surface area contributed by atoms with Gasteiger partial charge in [0.25, 0.3) is 0 Å². The molecule has 124 valence electrons. The Hall–Kier alpha value is -0.410. The molecule has 0 heterocycles. The average Bonchev–Trinajstić information content (AvgIpc) is 2.78. The van der Waals surface area contributed by atoms with Gasteiger partial charge >= 0.3 is 0 Å². The number of ketones is 1. The molecular weight excluding hydrogens is 276 g/mol. The number of aliphatic hydroxyl groups is 2. The second kappa shape index (κ2) is 4.80. The molecule has 0 saturated heterocycles. The summed E-state index contributed by atoms with van der Waals surface area (Å²) in [5, 5.41) is 21.6. The van der Waals surface area contributed by atoms with Crippen LogP contribution in [0.5, 0.6) is 0 Å². The number of aliphatic hydroxyl groups excluding tert-OH is 2. The van der Waals surface area contributed by atoms with Gasteiger partial charge < -0.3 is 10.2 Å². The van der Waals surface area contributed by atoms with E-state index in [0.29, 0.717) is 36.4 Å². The van der Waals surface area contributed by atoms with E-state index in [4.69, 9.17) is 0 Å². The van der Waals surface area contributed by atoms with Gasteiger partial charge in [-0.3, -0.25) is 4.79 Å². The molecule has 0 amide bonds. The Balaban J connectivity index is 1.73. The molecule has 4 saturated carbocycles. The molecule has 8 atom stereocenters. The van der Waals surface area contributed by atoms with E-state index in [-0.39, 0.29) is 29.0 Å². The molecule has 0 bridgehead atoms. The fraction of sp³-hybridized carbons (Fsp3) is 0.947. The van der Waals surface area contributed by atoms with E-state index in [1.807, 2.05) is 0 Å². The fourth-order valence-corrected chi connectivity index (χ4v) is 7.08. The van der Waals surface area contributed by atoms with Crippen molar-refractivity contribution in [2.45, 2.75) is 77.4 Å². The van der Waals surface area contributed by atoms with Crippen molar-refractivity contribution in [2.24, 2.45) is 34.5 Å². The van der Waals surface area contributed by atoms with E-state index >= 15 is 0 Å². The topological polar surface area (TPSA) is 57.5 Å². The second-order valence-corrected chi connectivity index (χ2v) is 9.21. The van der Waals surface area contributed by atoms with Gasteiger partial charge in [-0.05, 0) is 54.8 Å². The third-order valence-electron chi connectivity index (χ3n) is 8.30. The molecule has 3 nitrogen and oxygen atoms in total. The molecular formula is C19H30O3. The van der Waals surface area contributed by atoms with Crippen LogP contribution in [0, 0.1) is 34.5 Å². The minimum Gasteiger partial charge on any atom is -0.393 e. The van der Waals surface area contributed by atoms with Gasteiger partial charge in [-0.25, -0.2) is 0 Å². The minimum absolute atomic E-state index is 0.161. The molecule has 0 aromatic heterocycles. The lowest BCUT2D eigenvalue weighted by atomic mass is 9.44. The Morgan fingerprint density at radius 3 is 2.55 bits per heavy atom. The highest BCUT2D eigenvalue weighted by atomic mass is 16.3. The molecule has 0 spiro atoms. The summed E-state index contributed by atoms with van der Waals surface area (Å²) in [5.74, 6) is 1.91. The number of fused-ring (bicyclic) bond motifs is 5. The molecule has 0 aromatic carbocycles. The average molecular weight is 306 g/mol. The van der Waals surface area contributed by atoms with Crippen molar-refractivity contribution in [3.05, 3.63) is 0 Å². The summed E-state index contributed by atoms with van der Waals surface area (Å²) in [6, 6.07) is 0. The van der Waals surface area contributed by atoms with E-state index in [0.717, 1.165) is 19.3 Å². The first-order valence-electron chi connectivity index (χ1n) is 9.24. The lowest BCUT2D eigenvalue weighted by Gasteiger charge is -2.62. The Bertz CT molecular complexity index is 489. The van der Waals surface area contributed by atoms with Crippen LogP contribution in [0.15, 0.2) is 0 Å². The molecule has 4 aliphatic carbocycles. The number of carbonyl (C=O) groups is 1. The molecule has 22 heavy (non-hydrogen) atoms. The van der Waals surface area contributed by atoms with Gasteiger partial charge in [0.1, 0.15) is 5.78 Å². The summed E-state index contributed by atoms with van der Waals surface area (Å²) < 4.78 is 0. The molecule has 4 aliphatic rings. The van der Waals surface area contributed by atoms with E-state index in [1.54, 1.807) is 0 Å². The second-order valence-electron chi connectivity index (χ2n) is 9.21. The minimum atomic E-state index is -0.347. The van der Waals surface area contributed by atoms with Crippen LogP contribution in [0.1, 0.15) is 65.2 Å². The molecule has 0 aromatic rings. The van der Waals surface area contributed by atoms with Crippen molar-refractivity contribution in [2.75, 3.05) is 0 Å². The van der Waals surface area contributed by atoms with Gasteiger partial charge in [0, 0.05) is 18.3 Å². The summed E-state index contributed by atoms with van der Waals surface area (Å²) in [7, 11) is 0. The van der Waals surface area contributed by atoms with Crippen molar-refractivity contribution in [1.29, 1.82) is 0 Å². The predicted octanol–water partition coefficient (Wildman–Crippen LogP) is 2.93. The lowest BCUT2D eigenvalue weighted by Crippen LogP contribution is -2.59. The monoisotopic (exact) mass is 306 g/mol. The molecule has 2 N–H and O–H groups in total. The molecule has 3 heteroatoms. The first kappa shape index (κ1) is 15.1. The van der Waals surface area contributed by atoms with Gasteiger partial charge in [0.15, 0.2) is 0 Å². The number of rotatable bonds is 0. The summed E-state index contributed by atoms with van der Waals surface area (Å²) in [4.78, 5) is 12.1. The molecule has 0 radical (unpaired) electrons. The van der Waals surface area contributed by atoms with E-state index in [9.17, 15) is 15.0 Å². The van der Waals surface area contributed by atoms with E-state index < -0.39 is 0 Å². The van der Waals surface area contributed by atoms with Crippen molar-refractivity contribution >= 4 is 5.78 Å². The third-order valence-corrected chi connectivity index (χ3v) is 8.30. The van der Waals surface area contributed by atoms with Crippen molar-refractivity contribution in [3.8, 4) is 0 Å². The molecule has 8 unspecified atom stereocenters. The largest absolute Gasteiger partial charge is 0.393 e. The van der Waals surface area contributed by atoms with Gasteiger partial charge in [0.05, 0.1) is 12.2 Å². The number of carbonyl (C=O) groups excluding carboxylic acids is 1. The maximum absolute atomic E-state index is 12.1. The van der Waals surface area contributed by atoms with Crippen molar-refractivity contribution in [1.82, 2.24) is 0 Å². The van der Waals surface area contributed by atoms with E-state index in [1.165, 1.54) is 19.3 Å². The highest BCUT2D eigenvalue weighted by Gasteiger charge is 2.63. The zero-order valence-corrected chi connectivity index (χ0v) is 13.9. The zero-order valence-electron chi connectivity index (χ0n) is 13.9. The number of Topliss-reactive ketones (excluding diaryl/α,β-unsaturated/α-hetero) is 1. The van der Waals surface area contributed by atoms with Crippen LogP contribution in [-0.2, 0) is 4.79 Å². The van der Waals surface area contributed by atoms with Crippen LogP contribution in [0.3, 0.4) is 0 Å². The van der Waals surface area contributed by atoms with Crippen LogP contribution >= 0.6 is 0 Å². The fourth-order valence-electron chi connectivity index (χ4n) is 7.08. The van der Waals surface area contributed by atoms with E-state index in [2.05, 4.69) is 13.8 Å². The van der Waals surface area contributed by atoms with Gasteiger partial charge in [-0.2, -0.15) is 0 Å². The summed E-state index contributed by atoms with van der Waals surface area (Å²) in [5.41, 5.74) is -0.0790. The SMILES string of the molecule is CC12CC(=O)CC1C1CC(O)C3CCCCC3(C)C1CC2O. The Morgan fingerprint density at radius 2 is 1.77 bits per heavy atom. The predicted molar refractivity (Wildman–Crippen MR) is 84.1 cm³/mol. The van der Waals surface area contributed by atoms with Crippen molar-refractivity contribution < 1.29 is 15.0 Å². The lowest BCUT2D eigenvalue weighted by molar-refractivity contribution is -0.183. The molecule has 0 aliphatic heterocycles. The zero-order chi connectivity index (χ0) is 15.7. The number of hydrogen-bond acceptors (Lipinski definition) is 3. The van der Waals surface area contributed by atoms with Gasteiger partial charge in [-0.1, -0.05) is 26.7 Å². The third kappa shape index (κ3) is 1.84. The molecule has 4 fully saturated rings. The highest BCUT2D eigenvalue weighted by Crippen LogP contribution is 2.65. The Morgan fingerprint density at radius 1 is 1.00 bits per heavy atom. The summed E-state index contributed by atoms with van der Waals surface area (Å²) >= 11 is 0. The molecule has 4 rings (SSSR count). The quantitative estimate of drug-likeness (QED) is 0.723. The van der Waals surface area contributed by atoms with Crippen LogP contribution in [0.2, 0.25) is 0 Å². The van der Waals surface area contributed by atoms with Gasteiger partial charge in [0.2, 0.25) is 0 Å². The standard InChI is InChI=1S/C19H30O3/c1-18-6-4-3-5-13(18)16(21)8-12-14-7-11(20)10-19(14,2)17(22)9-15(12)18/h12-17,21-22H,3-10H2,1-2H3. The maximum Gasteiger partial charge on any atom is 0.133 e. The number of hydrogen-bond donors (Lipinski definition) is 2. The normalized spacial score (nSPS) is 57.9. The summed E-state index contributed by atoms with van der Waals surface area (Å²) in [6.07, 6.45) is 7.10. The van der Waals surface area contributed by atoms with Crippen LogP contribution in [0.4, 0.5) is 0 Å². The van der Waals surface area contributed by atoms with Crippen LogP contribution in [-0.4, -0.2) is 28.2 Å². The first-order valence-corrected chi connectivity index (χ1v) is 9.24. The maximum atomic E-state index is 12.1. The van der Waals surface area contributed by atoms with Crippen LogP contribution in [0.25, 0.3) is 0 Å². The highest BCUT2D eigenvalue weighted by molar-refractivity contribution is 5.82. The van der Waals surface area contributed by atoms with Crippen LogP contribution < -0.4 is 0 Å². The Labute approximate surface area is 133 Å². The van der Waals surface area contributed by atoms with Gasteiger partial charge in [-0.15, -0.1) is 0 Å². The first-order chi connectivity index (χ1) is 10.4. The smallest absolute Gasteiger partial charge is 0.133 e.